The van der Waals surface area contributed by atoms with Gasteiger partial charge in [0.25, 0.3) is 5.91 Å². The molecule has 6 atom stereocenters. The number of nitrogens with one attached hydrogen (secondary N) is 1. The first kappa shape index (κ1) is 66.3. The van der Waals surface area contributed by atoms with Gasteiger partial charge in [-0.15, -0.1) is 5.10 Å². The Morgan fingerprint density at radius 1 is 0.833 bits per heavy atom. The Hall–Kier alpha value is -8.09. The van der Waals surface area contributed by atoms with Crippen LogP contribution in [0, 0.1) is 5.92 Å². The number of hydrogen-bond acceptors (Lipinski definition) is 18. The predicted molar refractivity (Wildman–Crippen MR) is 340 cm³/mol. The highest BCUT2D eigenvalue weighted by atomic mass is 32.2. The number of methoxy groups -OCH3 is 2. The maximum atomic E-state index is 14.4. The summed E-state index contributed by atoms with van der Waals surface area (Å²) in [7, 11) is 3.09. The second kappa shape index (κ2) is 30.6. The van der Waals surface area contributed by atoms with Gasteiger partial charge in [-0.2, -0.15) is 11.8 Å². The summed E-state index contributed by atoms with van der Waals surface area (Å²) < 4.78 is 31.4. The number of imide groups is 1. The number of hydrogen-bond donors (Lipinski definition) is 3. The van der Waals surface area contributed by atoms with E-state index in [4.69, 9.17) is 34.4 Å². The smallest absolute Gasteiger partial charge is 0.416 e. The van der Waals surface area contributed by atoms with Crippen molar-refractivity contribution in [2.45, 2.75) is 152 Å². The van der Waals surface area contributed by atoms with Crippen LogP contribution in [0.1, 0.15) is 142 Å². The lowest BCUT2D eigenvalue weighted by Crippen LogP contribution is -2.50. The molecule has 3 saturated heterocycles. The van der Waals surface area contributed by atoms with Gasteiger partial charge in [0.1, 0.15) is 18.4 Å². The molecule has 5 aliphatic heterocycles. The van der Waals surface area contributed by atoms with E-state index in [9.17, 15) is 38.7 Å². The average Bonchev–Trinajstić information content (AvgIpc) is 1.70. The van der Waals surface area contributed by atoms with Gasteiger partial charge in [-0.3, -0.25) is 38.8 Å². The molecular formula is C66H84N10O13S. The molecule has 24 heteroatoms. The number of aliphatic hydroxyl groups is 1. The fourth-order valence-electron chi connectivity index (χ4n) is 12.4. The van der Waals surface area contributed by atoms with Crippen LogP contribution in [0.2, 0.25) is 0 Å². The molecule has 4 N–H and O–H groups in total. The topological polar surface area (TPSA) is 280 Å². The number of nitrogens with zero attached hydrogens (tertiary/aromatic N) is 8. The van der Waals surface area contributed by atoms with Crippen molar-refractivity contribution in [3.05, 3.63) is 107 Å². The predicted octanol–water partition coefficient (Wildman–Crippen LogP) is 8.57. The van der Waals surface area contributed by atoms with E-state index < -0.39 is 36.3 Å². The third kappa shape index (κ3) is 16.1. The highest BCUT2D eigenvalue weighted by Crippen LogP contribution is 2.43. The van der Waals surface area contributed by atoms with E-state index in [1.54, 1.807) is 37.6 Å². The number of primary amides is 1. The molecule has 0 radical (unpaired) electrons. The van der Waals surface area contributed by atoms with Crippen LogP contribution in [0.4, 0.5) is 21.0 Å². The standard InChI is InChI=1S/C66H84N10O13S/c1-40(2)48(29-47(77)15-10-8-11-22-73-61(79)33-60(90-7)64(73)82)51-38-75(71-70-51)52(16-14-21-68-65(67)83)55(78)27-43-17-19-44(20-18-43)39-89-66(84)76-53-32-59(57(86-6)30-49(53)62(80)74-36-42(4)26-54(74)63(76)81)88-24-13-9-12-23-87-58-31-50-45(28-56(58)85-5)37-72-35-41(3)25-46(72)34-69-50/h17-20,28,30-32,34,38,40,46,48,52,54,60,63,81H,3-4,8-16,21-27,29,33,35-37,39H2,1-2,5-7H3,(H3,67,68,83)/t46-,48-,52-,54-,60?,63-/m0/s1. The largest absolute Gasteiger partial charge is 0.493 e. The summed E-state index contributed by atoms with van der Waals surface area (Å²) in [5, 5.41) is 23.1. The molecule has 90 heavy (non-hydrogen) atoms. The third-order valence-corrected chi connectivity index (χ3v) is 18.3. The van der Waals surface area contributed by atoms with Crippen LogP contribution in [0.3, 0.4) is 0 Å². The lowest BCUT2D eigenvalue weighted by atomic mass is 9.87. The van der Waals surface area contributed by atoms with E-state index in [0.717, 1.165) is 47.7 Å². The number of unbranched alkanes of at least 4 members (excludes halogenated alkanes) is 4. The number of aliphatic hydroxyl groups excluding tert-OH is 1. The number of rotatable bonds is 31. The number of nitrogens with two attached hydrogens (primary N) is 1. The van der Waals surface area contributed by atoms with Gasteiger partial charge in [0.2, 0.25) is 11.8 Å². The quantitative estimate of drug-likeness (QED) is 0.0242. The van der Waals surface area contributed by atoms with Gasteiger partial charge < -0.3 is 44.7 Å². The first-order valence-electron chi connectivity index (χ1n) is 31.0. The van der Waals surface area contributed by atoms with Crippen LogP contribution in [-0.4, -0.2) is 166 Å². The number of amides is 6. The maximum Gasteiger partial charge on any atom is 0.416 e. The molecule has 3 aromatic carbocycles. The van der Waals surface area contributed by atoms with E-state index in [0.29, 0.717) is 92.8 Å². The maximum absolute atomic E-state index is 14.4. The number of benzene rings is 3. The van der Waals surface area contributed by atoms with Crippen molar-refractivity contribution in [2.75, 3.05) is 64.8 Å². The molecule has 3 fully saturated rings. The fraction of sp³-hybridized carbons (Fsp3) is 0.515. The van der Waals surface area contributed by atoms with Crippen molar-refractivity contribution in [1.29, 1.82) is 0 Å². The Labute approximate surface area is 529 Å². The minimum Gasteiger partial charge on any atom is -0.493 e. The van der Waals surface area contributed by atoms with Crippen molar-refractivity contribution in [3.8, 4) is 23.0 Å². The number of fused-ring (bicyclic) bond motifs is 4. The molecule has 9 rings (SSSR count). The van der Waals surface area contributed by atoms with Gasteiger partial charge >= 0.3 is 12.1 Å². The number of aromatic nitrogens is 3. The lowest BCUT2D eigenvalue weighted by Gasteiger charge is -2.31. The number of carbonyl (C=O) groups is 7. The van der Waals surface area contributed by atoms with Crippen molar-refractivity contribution >= 4 is 70.8 Å². The highest BCUT2D eigenvalue weighted by molar-refractivity contribution is 8.00. The minimum absolute atomic E-state index is 0.00253. The van der Waals surface area contributed by atoms with Crippen molar-refractivity contribution < 1.29 is 62.4 Å². The summed E-state index contributed by atoms with van der Waals surface area (Å²) in [4.78, 5) is 104. The van der Waals surface area contributed by atoms with Gasteiger partial charge in [-0.05, 0) is 98.8 Å². The zero-order valence-electron chi connectivity index (χ0n) is 52.2. The Balaban J connectivity index is 0.800. The molecular weight excluding hydrogens is 1170 g/mol. The molecule has 1 aromatic heterocycles. The van der Waals surface area contributed by atoms with Gasteiger partial charge in [0, 0.05) is 94.9 Å². The van der Waals surface area contributed by atoms with E-state index in [1.165, 1.54) is 51.1 Å². The second-order valence-electron chi connectivity index (χ2n) is 24.2. The van der Waals surface area contributed by atoms with Crippen LogP contribution in [-0.2, 0) is 43.5 Å². The summed E-state index contributed by atoms with van der Waals surface area (Å²) in [5.41, 5.74) is 11.2. The van der Waals surface area contributed by atoms with Crippen molar-refractivity contribution in [3.63, 3.8) is 0 Å². The normalized spacial score (nSPS) is 19.5. The van der Waals surface area contributed by atoms with E-state index >= 15 is 0 Å². The van der Waals surface area contributed by atoms with Gasteiger partial charge in [-0.25, -0.2) is 19.2 Å². The Morgan fingerprint density at radius 3 is 2.23 bits per heavy atom. The Bertz CT molecular complexity index is 3350. The number of ketones is 2. The van der Waals surface area contributed by atoms with E-state index in [1.807, 2.05) is 38.5 Å². The summed E-state index contributed by atoms with van der Waals surface area (Å²) >= 11 is 1.39. The molecule has 23 nitrogen and oxygen atoms in total. The Morgan fingerprint density at radius 2 is 1.53 bits per heavy atom. The zero-order valence-corrected chi connectivity index (χ0v) is 53.0. The molecule has 5 aliphatic rings. The highest BCUT2D eigenvalue weighted by Gasteiger charge is 2.47. The number of ether oxygens (including phenoxy) is 5. The summed E-state index contributed by atoms with van der Waals surface area (Å²) in [5.74, 6) is 0.729. The molecule has 0 bridgehead atoms. The van der Waals surface area contributed by atoms with Crippen LogP contribution >= 0.6 is 11.8 Å². The molecule has 6 amide bonds. The van der Waals surface area contributed by atoms with E-state index in [-0.39, 0.29) is 121 Å². The minimum atomic E-state index is -1.51. The molecule has 0 aliphatic carbocycles. The molecule has 4 aromatic rings. The number of aliphatic imine (C=N–C) groups is 1. The summed E-state index contributed by atoms with van der Waals surface area (Å²) in [6, 6.07) is 11.9. The fourth-order valence-corrected chi connectivity index (χ4v) is 13.0. The van der Waals surface area contributed by atoms with Crippen LogP contribution in [0.25, 0.3) is 0 Å². The van der Waals surface area contributed by atoms with Crippen LogP contribution in [0.5, 0.6) is 23.0 Å². The SMILES string of the molecule is C=C1C[C@H]2C=Nc3cc(OCCCCCOc4cc5c(cc4OC)C(=O)N4CC(=C)C[C@H]4[C@H](O)N5C(=O)OCc4ccc(CC(=O)[C@H](CCCNC(N)=O)n5cc([C@@H](CC(=O)CCCCCN6C(=O)CC(SC)C6=O)C(C)C)nn5)cc4)c(OC)cc3CN2C1. The van der Waals surface area contributed by atoms with Crippen LogP contribution < -0.4 is 34.9 Å². The number of Topliss-reactive ketones (excluding diaryl/α,β-unsaturated/α-hetero) is 2. The lowest BCUT2D eigenvalue weighted by molar-refractivity contribution is -0.138. The number of thioether (sulfide) groups is 1. The van der Waals surface area contributed by atoms with E-state index in [2.05, 4.69) is 33.7 Å². The van der Waals surface area contributed by atoms with Crippen molar-refractivity contribution in [1.82, 2.24) is 35.0 Å². The molecule has 1 unspecified atom stereocenters. The number of carbonyl (C=O) groups excluding carboxylic acids is 7. The molecule has 6 heterocycles. The summed E-state index contributed by atoms with van der Waals surface area (Å²) in [6.07, 6.45) is 9.83. The molecule has 0 saturated carbocycles. The average molecular weight is 1260 g/mol. The van der Waals surface area contributed by atoms with Crippen molar-refractivity contribution in [2.24, 2.45) is 16.6 Å². The molecule has 0 spiro atoms. The van der Waals surface area contributed by atoms with Gasteiger partial charge in [0.15, 0.2) is 35.0 Å². The number of urea groups is 1. The first-order valence-corrected chi connectivity index (χ1v) is 32.3. The first-order chi connectivity index (χ1) is 43.3. The Kier molecular flexibility index (Phi) is 22.6. The third-order valence-electron chi connectivity index (χ3n) is 17.3. The number of anilines is 1. The monoisotopic (exact) mass is 1260 g/mol. The molecule has 482 valence electrons. The number of likely N-dealkylation sites (tertiary alicyclic amines) is 1. The van der Waals surface area contributed by atoms with Crippen LogP contribution in [0.15, 0.2) is 84.0 Å². The van der Waals surface area contributed by atoms with Gasteiger partial charge in [0.05, 0.1) is 61.4 Å². The van der Waals surface area contributed by atoms with Gasteiger partial charge in [-0.1, -0.05) is 74.1 Å². The second-order valence-corrected chi connectivity index (χ2v) is 25.2. The zero-order chi connectivity index (χ0) is 64.2. The summed E-state index contributed by atoms with van der Waals surface area (Å²) in [6.45, 7) is 15.1.